The summed E-state index contributed by atoms with van der Waals surface area (Å²) in [7, 11) is 0. The first-order chi connectivity index (χ1) is 11.7. The van der Waals surface area contributed by atoms with Gasteiger partial charge < -0.3 is 24.6 Å². The Labute approximate surface area is 142 Å². The minimum Gasteiger partial charge on any atom is -0.508 e. The fourth-order valence-corrected chi connectivity index (χ4v) is 2.80. The topological polar surface area (TPSA) is 60.0 Å². The highest BCUT2D eigenvalue weighted by Crippen LogP contribution is 2.34. The molecule has 0 bridgehead atoms. The molecule has 1 aliphatic rings. The zero-order chi connectivity index (χ0) is 16.9. The van der Waals surface area contributed by atoms with Gasteiger partial charge in [-0.05, 0) is 43.7 Å². The van der Waals surface area contributed by atoms with Crippen molar-refractivity contribution in [3.8, 4) is 23.0 Å². The zero-order valence-electron chi connectivity index (χ0n) is 14.0. The Hall–Kier alpha value is -2.56. The van der Waals surface area contributed by atoms with Crippen molar-refractivity contribution in [1.82, 2.24) is 0 Å². The van der Waals surface area contributed by atoms with E-state index in [1.54, 1.807) is 12.1 Å². The maximum absolute atomic E-state index is 9.60. The van der Waals surface area contributed by atoms with Gasteiger partial charge in [-0.1, -0.05) is 6.07 Å². The van der Waals surface area contributed by atoms with Crippen LogP contribution in [0.3, 0.4) is 0 Å². The van der Waals surface area contributed by atoms with Crippen molar-refractivity contribution in [2.24, 2.45) is 0 Å². The van der Waals surface area contributed by atoms with Gasteiger partial charge >= 0.3 is 0 Å². The number of phenolic OH excluding ortho intramolecular Hbond substituents is 1. The second-order valence-corrected chi connectivity index (χ2v) is 5.65. The van der Waals surface area contributed by atoms with E-state index in [0.29, 0.717) is 19.0 Å². The number of anilines is 1. The van der Waals surface area contributed by atoms with E-state index in [1.807, 2.05) is 38.1 Å². The third-order valence-corrected chi connectivity index (χ3v) is 3.85. The van der Waals surface area contributed by atoms with Crippen LogP contribution in [0.1, 0.15) is 19.4 Å². The summed E-state index contributed by atoms with van der Waals surface area (Å²) >= 11 is 0. The summed E-state index contributed by atoms with van der Waals surface area (Å²) < 4.78 is 17.3. The summed E-state index contributed by atoms with van der Waals surface area (Å²) in [5.74, 6) is 2.41. The molecule has 0 spiro atoms. The van der Waals surface area contributed by atoms with Crippen LogP contribution >= 0.6 is 0 Å². The largest absolute Gasteiger partial charge is 0.508 e. The molecule has 0 saturated carbocycles. The average Bonchev–Trinajstić information content (AvgIpc) is 2.57. The maximum Gasteiger partial charge on any atom is 0.161 e. The molecule has 5 heteroatoms. The minimum absolute atomic E-state index is 0.00767. The van der Waals surface area contributed by atoms with Gasteiger partial charge in [0.2, 0.25) is 0 Å². The number of ether oxygens (including phenoxy) is 3. The molecule has 0 aliphatic carbocycles. The fraction of sp³-hybridized carbons (Fsp3) is 0.368. The van der Waals surface area contributed by atoms with Gasteiger partial charge in [0.05, 0.1) is 25.4 Å². The number of fused-ring (bicyclic) bond motifs is 1. The number of aromatic hydroxyl groups is 1. The van der Waals surface area contributed by atoms with Gasteiger partial charge in [0.15, 0.2) is 11.5 Å². The van der Waals surface area contributed by atoms with E-state index >= 15 is 0 Å². The number of phenols is 1. The lowest BCUT2D eigenvalue weighted by molar-refractivity contribution is 0.205. The highest BCUT2D eigenvalue weighted by molar-refractivity contribution is 5.60. The average molecular weight is 329 g/mol. The minimum atomic E-state index is -0.00767. The van der Waals surface area contributed by atoms with Gasteiger partial charge in [-0.3, -0.25) is 0 Å². The molecule has 3 rings (SSSR count). The summed E-state index contributed by atoms with van der Waals surface area (Å²) in [4.78, 5) is 0. The molecule has 0 saturated heterocycles. The molecular weight excluding hydrogens is 306 g/mol. The van der Waals surface area contributed by atoms with E-state index in [9.17, 15) is 5.11 Å². The number of hydrogen-bond acceptors (Lipinski definition) is 5. The van der Waals surface area contributed by atoms with Crippen molar-refractivity contribution < 1.29 is 19.3 Å². The molecule has 2 aromatic carbocycles. The van der Waals surface area contributed by atoms with Gasteiger partial charge in [0.1, 0.15) is 17.6 Å². The Kier molecular flexibility index (Phi) is 4.99. The third kappa shape index (κ3) is 3.67. The van der Waals surface area contributed by atoms with Crippen LogP contribution in [0.5, 0.6) is 23.0 Å². The predicted octanol–water partition coefficient (Wildman–Crippen LogP) is 3.61. The lowest BCUT2D eigenvalue weighted by atomic mass is 10.1. The van der Waals surface area contributed by atoms with Crippen molar-refractivity contribution in [2.75, 3.05) is 25.1 Å². The van der Waals surface area contributed by atoms with Crippen LogP contribution < -0.4 is 19.5 Å². The fourth-order valence-electron chi connectivity index (χ4n) is 2.80. The maximum atomic E-state index is 9.60. The summed E-state index contributed by atoms with van der Waals surface area (Å²) in [6.07, 6.45) is 0.737. The van der Waals surface area contributed by atoms with Crippen molar-refractivity contribution in [2.45, 2.75) is 26.4 Å². The Morgan fingerprint density at radius 1 is 1.08 bits per heavy atom. The summed E-state index contributed by atoms with van der Waals surface area (Å²) in [5.41, 5.74) is 2.03. The molecule has 0 radical (unpaired) electrons. The highest BCUT2D eigenvalue weighted by atomic mass is 16.5. The molecule has 0 aromatic heterocycles. The van der Waals surface area contributed by atoms with E-state index in [1.165, 1.54) is 0 Å². The van der Waals surface area contributed by atoms with Crippen molar-refractivity contribution in [1.29, 1.82) is 0 Å². The van der Waals surface area contributed by atoms with E-state index in [4.69, 9.17) is 14.2 Å². The van der Waals surface area contributed by atoms with Crippen LogP contribution in [-0.4, -0.2) is 31.0 Å². The predicted molar refractivity (Wildman–Crippen MR) is 93.5 cm³/mol. The van der Waals surface area contributed by atoms with Crippen molar-refractivity contribution in [3.05, 3.63) is 42.0 Å². The first-order valence-corrected chi connectivity index (χ1v) is 8.31. The molecule has 5 nitrogen and oxygen atoms in total. The molecule has 1 aliphatic heterocycles. The molecular formula is C19H23NO4. The molecule has 2 aromatic rings. The molecule has 1 atom stereocenters. The highest BCUT2D eigenvalue weighted by Gasteiger charge is 2.20. The molecule has 2 N–H and O–H groups in total. The van der Waals surface area contributed by atoms with Crippen molar-refractivity contribution in [3.63, 3.8) is 0 Å². The van der Waals surface area contributed by atoms with Gasteiger partial charge in [0, 0.05) is 12.5 Å². The van der Waals surface area contributed by atoms with Crippen LogP contribution in [0.2, 0.25) is 0 Å². The number of hydrogen-bond donors (Lipinski definition) is 2. The van der Waals surface area contributed by atoms with Crippen LogP contribution in [-0.2, 0) is 6.42 Å². The van der Waals surface area contributed by atoms with Gasteiger partial charge in [-0.2, -0.15) is 0 Å². The monoisotopic (exact) mass is 329 g/mol. The van der Waals surface area contributed by atoms with E-state index < -0.39 is 0 Å². The Morgan fingerprint density at radius 3 is 2.67 bits per heavy atom. The normalized spacial score (nSPS) is 15.8. The number of benzene rings is 2. The van der Waals surface area contributed by atoms with Gasteiger partial charge in [-0.25, -0.2) is 0 Å². The Bertz CT molecular complexity index is 702. The second kappa shape index (κ2) is 7.34. The molecule has 0 amide bonds. The van der Waals surface area contributed by atoms with Crippen LogP contribution in [0.4, 0.5) is 5.69 Å². The number of rotatable bonds is 6. The first kappa shape index (κ1) is 16.3. The lowest BCUT2D eigenvalue weighted by Crippen LogP contribution is -2.32. The molecule has 1 unspecified atom stereocenters. The standard InChI is InChI=1S/C19H23NO4/c1-3-22-17-8-5-13(10-19(17)23-4-2)9-15-12-20-16-7-6-14(21)11-18(16)24-15/h5-8,10-11,15,20-21H,3-4,9,12H2,1-2H3. The Balaban J connectivity index is 1.73. The third-order valence-electron chi connectivity index (χ3n) is 3.85. The smallest absolute Gasteiger partial charge is 0.161 e. The lowest BCUT2D eigenvalue weighted by Gasteiger charge is -2.27. The molecule has 128 valence electrons. The van der Waals surface area contributed by atoms with E-state index in [0.717, 1.165) is 35.7 Å². The number of nitrogens with one attached hydrogen (secondary N) is 1. The molecule has 0 fully saturated rings. The quantitative estimate of drug-likeness (QED) is 0.793. The molecule has 24 heavy (non-hydrogen) atoms. The van der Waals surface area contributed by atoms with E-state index in [2.05, 4.69) is 5.32 Å². The van der Waals surface area contributed by atoms with Crippen molar-refractivity contribution >= 4 is 5.69 Å². The van der Waals surface area contributed by atoms with Gasteiger partial charge in [0.25, 0.3) is 0 Å². The van der Waals surface area contributed by atoms with Crippen LogP contribution in [0.25, 0.3) is 0 Å². The zero-order valence-corrected chi connectivity index (χ0v) is 14.0. The summed E-state index contributed by atoms with van der Waals surface area (Å²) in [5, 5.41) is 12.9. The Morgan fingerprint density at radius 2 is 1.88 bits per heavy atom. The van der Waals surface area contributed by atoms with Crippen LogP contribution in [0, 0.1) is 0 Å². The second-order valence-electron chi connectivity index (χ2n) is 5.65. The summed E-state index contributed by atoms with van der Waals surface area (Å²) in [6, 6.07) is 11.1. The first-order valence-electron chi connectivity index (χ1n) is 8.31. The molecule has 1 heterocycles. The van der Waals surface area contributed by atoms with Gasteiger partial charge in [-0.15, -0.1) is 0 Å². The SMILES string of the molecule is CCOc1ccc(CC2CNc3ccc(O)cc3O2)cc1OCC. The van der Waals surface area contributed by atoms with E-state index in [-0.39, 0.29) is 11.9 Å². The summed E-state index contributed by atoms with van der Waals surface area (Å²) in [6.45, 7) is 5.83. The van der Waals surface area contributed by atoms with Crippen LogP contribution in [0.15, 0.2) is 36.4 Å².